The summed E-state index contributed by atoms with van der Waals surface area (Å²) in [6, 6.07) is 1.09. The Balaban J connectivity index is 2.40. The maximum atomic E-state index is 13.7. The molecule has 10 heteroatoms. The molecule has 1 aliphatic heterocycles. The number of benzene rings is 1. The Morgan fingerprint density at radius 2 is 1.95 bits per heavy atom. The van der Waals surface area contributed by atoms with Crippen LogP contribution in [0, 0.1) is 11.7 Å². The number of carboxylic acids is 1. The van der Waals surface area contributed by atoms with E-state index in [1.807, 2.05) is 0 Å². The number of alkyl halides is 3. The molecule has 0 amide bonds. The van der Waals surface area contributed by atoms with E-state index in [1.54, 1.807) is 0 Å². The van der Waals surface area contributed by atoms with E-state index >= 15 is 0 Å². The lowest BCUT2D eigenvalue weighted by Gasteiger charge is -2.17. The molecule has 0 bridgehead atoms. The molecule has 1 saturated heterocycles. The maximum absolute atomic E-state index is 13.7. The number of rotatable bonds is 3. The van der Waals surface area contributed by atoms with E-state index in [0.29, 0.717) is 16.4 Å². The SMILES string of the molecule is O=C(O)C1CCN(S(=O)(=O)c2cc(C(F)(F)F)ccc2F)C1. The van der Waals surface area contributed by atoms with Crippen LogP contribution in [0.5, 0.6) is 0 Å². The highest BCUT2D eigenvalue weighted by molar-refractivity contribution is 7.89. The summed E-state index contributed by atoms with van der Waals surface area (Å²) in [7, 11) is -4.52. The first-order valence-corrected chi connectivity index (χ1v) is 7.57. The topological polar surface area (TPSA) is 74.7 Å². The van der Waals surface area contributed by atoms with Crippen LogP contribution in [0.25, 0.3) is 0 Å². The van der Waals surface area contributed by atoms with E-state index in [0.717, 1.165) is 0 Å². The van der Waals surface area contributed by atoms with Gasteiger partial charge in [0.05, 0.1) is 11.5 Å². The van der Waals surface area contributed by atoms with Crippen molar-refractivity contribution in [3.63, 3.8) is 0 Å². The van der Waals surface area contributed by atoms with Crippen molar-refractivity contribution in [2.45, 2.75) is 17.5 Å². The standard InChI is InChI=1S/C12H11F4NO4S/c13-9-2-1-8(12(14,15)16)5-10(9)22(20,21)17-4-3-7(6-17)11(18)19/h1-2,5,7H,3-4,6H2,(H,18,19). The van der Waals surface area contributed by atoms with Crippen molar-refractivity contribution in [1.29, 1.82) is 0 Å². The molecule has 0 aromatic heterocycles. The van der Waals surface area contributed by atoms with Gasteiger partial charge in [0.15, 0.2) is 0 Å². The normalized spacial score (nSPS) is 20.3. The van der Waals surface area contributed by atoms with Gasteiger partial charge in [-0.3, -0.25) is 4.79 Å². The summed E-state index contributed by atoms with van der Waals surface area (Å²) in [5.41, 5.74) is -1.29. The van der Waals surface area contributed by atoms with Crippen LogP contribution in [0.2, 0.25) is 0 Å². The number of hydrogen-bond acceptors (Lipinski definition) is 3. The predicted molar refractivity (Wildman–Crippen MR) is 65.9 cm³/mol. The fourth-order valence-corrected chi connectivity index (χ4v) is 3.76. The molecule has 122 valence electrons. The Labute approximate surface area is 123 Å². The molecule has 1 unspecified atom stereocenters. The Morgan fingerprint density at radius 3 is 2.45 bits per heavy atom. The number of carbonyl (C=O) groups is 1. The quantitative estimate of drug-likeness (QED) is 0.853. The van der Waals surface area contributed by atoms with Crippen LogP contribution < -0.4 is 0 Å². The van der Waals surface area contributed by atoms with Gasteiger partial charge in [-0.1, -0.05) is 0 Å². The minimum Gasteiger partial charge on any atom is -0.481 e. The summed E-state index contributed by atoms with van der Waals surface area (Å²) >= 11 is 0. The lowest BCUT2D eigenvalue weighted by molar-refractivity contribution is -0.141. The van der Waals surface area contributed by atoms with Gasteiger partial charge in [-0.15, -0.1) is 0 Å². The van der Waals surface area contributed by atoms with Crippen LogP contribution >= 0.6 is 0 Å². The monoisotopic (exact) mass is 341 g/mol. The van der Waals surface area contributed by atoms with E-state index in [1.165, 1.54) is 0 Å². The second-order valence-corrected chi connectivity index (χ2v) is 6.74. The molecule has 1 aromatic rings. The van der Waals surface area contributed by atoms with Gasteiger partial charge in [0.25, 0.3) is 0 Å². The average molecular weight is 341 g/mol. The fraction of sp³-hybridized carbons (Fsp3) is 0.417. The summed E-state index contributed by atoms with van der Waals surface area (Å²) in [6.45, 7) is -0.581. The van der Waals surface area contributed by atoms with Crippen LogP contribution in [-0.2, 0) is 21.0 Å². The van der Waals surface area contributed by atoms with Gasteiger partial charge in [-0.05, 0) is 24.6 Å². The van der Waals surface area contributed by atoms with Crippen molar-refractivity contribution in [3.05, 3.63) is 29.6 Å². The molecular formula is C12H11F4NO4S. The Hall–Kier alpha value is -1.68. The minimum absolute atomic E-state index is 0.0230. The van der Waals surface area contributed by atoms with Crippen LogP contribution in [0.4, 0.5) is 17.6 Å². The third kappa shape index (κ3) is 3.07. The Kier molecular flexibility index (Phi) is 4.18. The summed E-state index contributed by atoms with van der Waals surface area (Å²) < 4.78 is 76.7. The van der Waals surface area contributed by atoms with Crippen molar-refractivity contribution in [3.8, 4) is 0 Å². The maximum Gasteiger partial charge on any atom is 0.416 e. The minimum atomic E-state index is -4.81. The molecule has 1 atom stereocenters. The van der Waals surface area contributed by atoms with Crippen molar-refractivity contribution in [2.75, 3.05) is 13.1 Å². The number of halogens is 4. The number of nitrogens with zero attached hydrogens (tertiary/aromatic N) is 1. The molecule has 1 heterocycles. The van der Waals surface area contributed by atoms with Crippen molar-refractivity contribution >= 4 is 16.0 Å². The lowest BCUT2D eigenvalue weighted by Crippen LogP contribution is -2.31. The van der Waals surface area contributed by atoms with Crippen LogP contribution in [0.3, 0.4) is 0 Å². The average Bonchev–Trinajstić information content (AvgIpc) is 2.87. The molecule has 2 rings (SSSR count). The lowest BCUT2D eigenvalue weighted by atomic mass is 10.1. The third-order valence-corrected chi connectivity index (χ3v) is 5.26. The van der Waals surface area contributed by atoms with Gasteiger partial charge in [-0.25, -0.2) is 12.8 Å². The van der Waals surface area contributed by atoms with Gasteiger partial charge in [0, 0.05) is 13.1 Å². The van der Waals surface area contributed by atoms with Gasteiger partial charge in [0.2, 0.25) is 10.0 Å². The molecule has 1 N–H and O–H groups in total. The van der Waals surface area contributed by atoms with Crippen LogP contribution in [-0.4, -0.2) is 36.9 Å². The molecule has 22 heavy (non-hydrogen) atoms. The highest BCUT2D eigenvalue weighted by atomic mass is 32.2. The molecule has 0 aliphatic carbocycles. The zero-order chi connectivity index (χ0) is 16.7. The first kappa shape index (κ1) is 16.7. The predicted octanol–water partition coefficient (Wildman–Crippen LogP) is 1.94. The molecule has 1 aliphatic rings. The highest BCUT2D eigenvalue weighted by Crippen LogP contribution is 2.33. The Morgan fingerprint density at radius 1 is 1.32 bits per heavy atom. The molecular weight excluding hydrogens is 330 g/mol. The summed E-state index contributed by atoms with van der Waals surface area (Å²) in [5, 5.41) is 8.83. The number of aliphatic carboxylic acids is 1. The van der Waals surface area contributed by atoms with Gasteiger partial charge < -0.3 is 5.11 Å². The van der Waals surface area contributed by atoms with Gasteiger partial charge in [-0.2, -0.15) is 17.5 Å². The van der Waals surface area contributed by atoms with E-state index in [4.69, 9.17) is 5.11 Å². The second kappa shape index (κ2) is 5.51. The fourth-order valence-electron chi connectivity index (χ4n) is 2.16. The zero-order valence-electron chi connectivity index (χ0n) is 11.0. The molecule has 1 aromatic carbocycles. The second-order valence-electron chi connectivity index (χ2n) is 4.83. The number of carboxylic acid groups (broad SMARTS) is 1. The molecule has 1 fully saturated rings. The number of hydrogen-bond donors (Lipinski definition) is 1. The van der Waals surface area contributed by atoms with Crippen molar-refractivity contribution in [2.24, 2.45) is 5.92 Å². The van der Waals surface area contributed by atoms with Crippen LogP contribution in [0.15, 0.2) is 23.1 Å². The third-order valence-electron chi connectivity index (χ3n) is 3.38. The van der Waals surface area contributed by atoms with E-state index in [2.05, 4.69) is 0 Å². The zero-order valence-corrected chi connectivity index (χ0v) is 11.8. The first-order chi connectivity index (χ1) is 10.0. The summed E-state index contributed by atoms with van der Waals surface area (Å²) in [5.74, 6) is -3.47. The molecule has 0 spiro atoms. The highest BCUT2D eigenvalue weighted by Gasteiger charge is 2.39. The number of sulfonamides is 1. The van der Waals surface area contributed by atoms with Gasteiger partial charge in [0.1, 0.15) is 10.7 Å². The van der Waals surface area contributed by atoms with Crippen molar-refractivity contribution in [1.82, 2.24) is 4.31 Å². The van der Waals surface area contributed by atoms with Crippen molar-refractivity contribution < 1.29 is 35.9 Å². The Bertz CT molecular complexity index is 702. The summed E-state index contributed by atoms with van der Waals surface area (Å²) in [4.78, 5) is 9.72. The first-order valence-electron chi connectivity index (χ1n) is 6.13. The van der Waals surface area contributed by atoms with Gasteiger partial charge >= 0.3 is 12.1 Å². The smallest absolute Gasteiger partial charge is 0.416 e. The van der Waals surface area contributed by atoms with E-state index < -0.39 is 50.9 Å². The molecule has 5 nitrogen and oxygen atoms in total. The molecule has 0 radical (unpaired) electrons. The summed E-state index contributed by atoms with van der Waals surface area (Å²) in [6.07, 6.45) is -4.79. The van der Waals surface area contributed by atoms with E-state index in [9.17, 15) is 30.8 Å². The van der Waals surface area contributed by atoms with E-state index in [-0.39, 0.29) is 19.0 Å². The van der Waals surface area contributed by atoms with Crippen LogP contribution in [0.1, 0.15) is 12.0 Å². The molecule has 0 saturated carbocycles. The largest absolute Gasteiger partial charge is 0.481 e.